The summed E-state index contributed by atoms with van der Waals surface area (Å²) in [5.41, 5.74) is 7.29. The standard InChI is InChI=1S/C9H18N8O2/c1-17(2)9-14-7(13-8(15-9)16-11)12-3-4-19-5-6(10)18/h3-5,11H2,1-2H3,(H2,10,18)(H2,12,13,14,15,16). The van der Waals surface area contributed by atoms with Crippen LogP contribution in [0.2, 0.25) is 0 Å². The van der Waals surface area contributed by atoms with Gasteiger partial charge in [0.15, 0.2) is 0 Å². The number of rotatable bonds is 8. The number of hydrogen-bond acceptors (Lipinski definition) is 9. The topological polar surface area (TPSA) is 144 Å². The minimum absolute atomic E-state index is 0.114. The highest BCUT2D eigenvalue weighted by Crippen LogP contribution is 2.09. The van der Waals surface area contributed by atoms with Crippen LogP contribution in [0.5, 0.6) is 0 Å². The van der Waals surface area contributed by atoms with Crippen molar-refractivity contribution >= 4 is 23.8 Å². The van der Waals surface area contributed by atoms with Gasteiger partial charge in [-0.2, -0.15) is 15.0 Å². The highest BCUT2D eigenvalue weighted by molar-refractivity contribution is 5.74. The molecule has 0 saturated heterocycles. The van der Waals surface area contributed by atoms with Crippen molar-refractivity contribution in [1.82, 2.24) is 15.0 Å². The fraction of sp³-hybridized carbons (Fsp3) is 0.556. The molecule has 19 heavy (non-hydrogen) atoms. The smallest absolute Gasteiger partial charge is 0.243 e. The van der Waals surface area contributed by atoms with Crippen molar-refractivity contribution in [2.45, 2.75) is 0 Å². The number of hydrogen-bond donors (Lipinski definition) is 4. The molecular formula is C9H18N8O2. The van der Waals surface area contributed by atoms with E-state index in [1.165, 1.54) is 0 Å². The van der Waals surface area contributed by atoms with E-state index in [0.29, 0.717) is 25.0 Å². The minimum Gasteiger partial charge on any atom is -0.370 e. The van der Waals surface area contributed by atoms with E-state index < -0.39 is 5.91 Å². The molecule has 0 spiro atoms. The number of nitrogens with one attached hydrogen (secondary N) is 2. The summed E-state index contributed by atoms with van der Waals surface area (Å²) in [5.74, 6) is 5.83. The predicted octanol–water partition coefficient (Wildman–Crippen LogP) is -1.86. The lowest BCUT2D eigenvalue weighted by molar-refractivity contribution is -0.122. The second-order valence-corrected chi connectivity index (χ2v) is 3.77. The average molecular weight is 270 g/mol. The molecule has 0 aliphatic carbocycles. The van der Waals surface area contributed by atoms with Gasteiger partial charge in [0.1, 0.15) is 6.61 Å². The van der Waals surface area contributed by atoms with Crippen LogP contribution in [0.15, 0.2) is 0 Å². The quantitative estimate of drug-likeness (QED) is 0.242. The third kappa shape index (κ3) is 5.31. The van der Waals surface area contributed by atoms with Crippen molar-refractivity contribution in [2.75, 3.05) is 49.5 Å². The molecule has 0 bridgehead atoms. The van der Waals surface area contributed by atoms with Gasteiger partial charge in [-0.1, -0.05) is 0 Å². The Bertz CT molecular complexity index is 425. The molecule has 0 fully saturated rings. The molecule has 10 nitrogen and oxygen atoms in total. The number of primary amides is 1. The van der Waals surface area contributed by atoms with Gasteiger partial charge in [0, 0.05) is 20.6 Å². The Hall–Kier alpha value is -2.20. The summed E-state index contributed by atoms with van der Waals surface area (Å²) in [4.78, 5) is 24.4. The number of nitrogens with two attached hydrogens (primary N) is 2. The fourth-order valence-corrected chi connectivity index (χ4v) is 1.12. The van der Waals surface area contributed by atoms with E-state index in [0.717, 1.165) is 0 Å². The molecule has 0 aromatic carbocycles. The van der Waals surface area contributed by atoms with Crippen molar-refractivity contribution < 1.29 is 9.53 Å². The third-order valence-corrected chi connectivity index (χ3v) is 1.93. The Morgan fingerprint density at radius 2 is 2.00 bits per heavy atom. The maximum atomic E-state index is 10.5. The first-order valence-corrected chi connectivity index (χ1v) is 5.53. The largest absolute Gasteiger partial charge is 0.370 e. The summed E-state index contributed by atoms with van der Waals surface area (Å²) >= 11 is 0. The first kappa shape index (κ1) is 14.9. The molecule has 1 amide bonds. The highest BCUT2D eigenvalue weighted by Gasteiger charge is 2.06. The van der Waals surface area contributed by atoms with Gasteiger partial charge in [-0.05, 0) is 0 Å². The molecule has 0 radical (unpaired) electrons. The maximum absolute atomic E-state index is 10.5. The summed E-state index contributed by atoms with van der Waals surface area (Å²) in [6.45, 7) is 0.614. The number of anilines is 3. The third-order valence-electron chi connectivity index (χ3n) is 1.93. The number of carbonyl (C=O) groups is 1. The van der Waals surface area contributed by atoms with Gasteiger partial charge in [0.25, 0.3) is 0 Å². The summed E-state index contributed by atoms with van der Waals surface area (Å²) in [7, 11) is 3.60. The summed E-state index contributed by atoms with van der Waals surface area (Å²) in [5, 5.41) is 2.93. The van der Waals surface area contributed by atoms with E-state index in [9.17, 15) is 4.79 Å². The SMILES string of the molecule is CN(C)c1nc(NN)nc(NCCOCC(N)=O)n1. The Balaban J connectivity index is 2.52. The molecule has 0 unspecified atom stereocenters. The molecule has 1 rings (SSSR count). The van der Waals surface area contributed by atoms with Gasteiger partial charge in [0.2, 0.25) is 23.8 Å². The zero-order valence-corrected chi connectivity index (χ0v) is 10.9. The second kappa shape index (κ2) is 7.28. The number of nitrogen functional groups attached to an aromatic ring is 1. The van der Waals surface area contributed by atoms with Crippen LogP contribution in [0.25, 0.3) is 0 Å². The van der Waals surface area contributed by atoms with Gasteiger partial charge in [-0.15, -0.1) is 0 Å². The first-order chi connectivity index (χ1) is 9.02. The van der Waals surface area contributed by atoms with Crippen molar-refractivity contribution in [3.8, 4) is 0 Å². The Kier molecular flexibility index (Phi) is 5.70. The first-order valence-electron chi connectivity index (χ1n) is 5.53. The van der Waals surface area contributed by atoms with Crippen LogP contribution in [-0.4, -0.2) is 54.7 Å². The average Bonchev–Trinajstić information content (AvgIpc) is 2.37. The molecule has 106 valence electrons. The van der Waals surface area contributed by atoms with Gasteiger partial charge in [0.05, 0.1) is 6.61 Å². The van der Waals surface area contributed by atoms with Gasteiger partial charge in [-0.3, -0.25) is 10.2 Å². The molecule has 0 aliphatic heterocycles. The van der Waals surface area contributed by atoms with Crippen LogP contribution >= 0.6 is 0 Å². The Labute approximate surface area is 110 Å². The molecular weight excluding hydrogens is 252 g/mol. The van der Waals surface area contributed by atoms with Crippen LogP contribution in [0.3, 0.4) is 0 Å². The molecule has 1 aromatic rings. The van der Waals surface area contributed by atoms with E-state index in [1.807, 2.05) is 0 Å². The molecule has 0 saturated carbocycles. The number of carbonyl (C=O) groups excluding carboxylic acids is 1. The summed E-state index contributed by atoms with van der Waals surface area (Å²) in [6, 6.07) is 0. The number of hydrazine groups is 1. The summed E-state index contributed by atoms with van der Waals surface area (Å²) in [6.07, 6.45) is 0. The van der Waals surface area contributed by atoms with Crippen LogP contribution in [-0.2, 0) is 9.53 Å². The molecule has 1 heterocycles. The number of amides is 1. The molecule has 1 aromatic heterocycles. The number of ether oxygens (including phenoxy) is 1. The fourth-order valence-electron chi connectivity index (χ4n) is 1.12. The lowest BCUT2D eigenvalue weighted by Gasteiger charge is -2.13. The highest BCUT2D eigenvalue weighted by atomic mass is 16.5. The normalized spacial score (nSPS) is 10.1. The van der Waals surface area contributed by atoms with E-state index in [1.54, 1.807) is 19.0 Å². The maximum Gasteiger partial charge on any atom is 0.243 e. The van der Waals surface area contributed by atoms with E-state index in [2.05, 4.69) is 25.7 Å². The molecule has 0 aliphatic rings. The lowest BCUT2D eigenvalue weighted by Crippen LogP contribution is -2.22. The zero-order valence-electron chi connectivity index (χ0n) is 10.9. The Morgan fingerprint density at radius 3 is 2.58 bits per heavy atom. The van der Waals surface area contributed by atoms with Crippen molar-refractivity contribution in [3.05, 3.63) is 0 Å². The number of aromatic nitrogens is 3. The monoisotopic (exact) mass is 270 g/mol. The zero-order chi connectivity index (χ0) is 14.3. The molecule has 6 N–H and O–H groups in total. The number of nitrogens with zero attached hydrogens (tertiary/aromatic N) is 4. The van der Waals surface area contributed by atoms with Crippen LogP contribution in [0.1, 0.15) is 0 Å². The minimum atomic E-state index is -0.510. The van der Waals surface area contributed by atoms with E-state index >= 15 is 0 Å². The van der Waals surface area contributed by atoms with Crippen LogP contribution in [0.4, 0.5) is 17.8 Å². The van der Waals surface area contributed by atoms with Gasteiger partial charge < -0.3 is 20.7 Å². The van der Waals surface area contributed by atoms with Crippen molar-refractivity contribution in [1.29, 1.82) is 0 Å². The Morgan fingerprint density at radius 1 is 1.32 bits per heavy atom. The van der Waals surface area contributed by atoms with Crippen molar-refractivity contribution in [2.24, 2.45) is 11.6 Å². The van der Waals surface area contributed by atoms with Gasteiger partial charge >= 0.3 is 0 Å². The van der Waals surface area contributed by atoms with Crippen molar-refractivity contribution in [3.63, 3.8) is 0 Å². The van der Waals surface area contributed by atoms with Crippen LogP contribution in [0, 0.1) is 0 Å². The van der Waals surface area contributed by atoms with E-state index in [-0.39, 0.29) is 12.6 Å². The molecule has 10 heteroatoms. The molecule has 0 atom stereocenters. The van der Waals surface area contributed by atoms with E-state index in [4.69, 9.17) is 16.3 Å². The summed E-state index contributed by atoms with van der Waals surface area (Å²) < 4.78 is 4.99. The van der Waals surface area contributed by atoms with Crippen LogP contribution < -0.4 is 27.2 Å². The lowest BCUT2D eigenvalue weighted by atomic mass is 10.6. The predicted molar refractivity (Wildman–Crippen MR) is 70.5 cm³/mol. The van der Waals surface area contributed by atoms with Gasteiger partial charge in [-0.25, -0.2) is 5.84 Å². The second-order valence-electron chi connectivity index (χ2n) is 3.77.